The third kappa shape index (κ3) is 5.34. The van der Waals surface area contributed by atoms with Gasteiger partial charge in [-0.2, -0.15) is 0 Å². The average molecular weight is 537 g/mol. The lowest BCUT2D eigenvalue weighted by Gasteiger charge is -2.36. The van der Waals surface area contributed by atoms with Crippen LogP contribution in [0.3, 0.4) is 0 Å². The van der Waals surface area contributed by atoms with Crippen LogP contribution in [0.5, 0.6) is 5.75 Å². The molecule has 2 heterocycles. The van der Waals surface area contributed by atoms with Crippen molar-refractivity contribution >= 4 is 43.2 Å². The minimum Gasteiger partial charge on any atom is -0.497 e. The molecule has 1 saturated heterocycles. The Morgan fingerprint density at radius 1 is 1.09 bits per heavy atom. The standard InChI is InChI=1S/C23H29BrN4O4S/c1-17(29)28-9-7-18-15-19(24)16-22(23(18)28)33(30,31)25-8-10-26-11-13-27(14-12-26)20-3-5-21(32-2)6-4-20/h3-6,15-16,25H,7-14H2,1-2H3. The highest BCUT2D eigenvalue weighted by Gasteiger charge is 2.31. The second-order valence-corrected chi connectivity index (χ2v) is 10.9. The van der Waals surface area contributed by atoms with Gasteiger partial charge in [0, 0.05) is 62.9 Å². The zero-order valence-corrected chi connectivity index (χ0v) is 21.3. The number of halogens is 1. The van der Waals surface area contributed by atoms with Crippen molar-refractivity contribution in [1.29, 1.82) is 0 Å². The molecule has 0 spiro atoms. The van der Waals surface area contributed by atoms with Crippen molar-refractivity contribution in [3.63, 3.8) is 0 Å². The fourth-order valence-electron chi connectivity index (χ4n) is 4.43. The van der Waals surface area contributed by atoms with Crippen molar-refractivity contribution in [2.75, 3.05) is 62.7 Å². The monoisotopic (exact) mass is 536 g/mol. The molecule has 4 rings (SSSR count). The number of ether oxygens (including phenoxy) is 1. The maximum atomic E-state index is 13.1. The number of fused-ring (bicyclic) bond motifs is 1. The van der Waals surface area contributed by atoms with E-state index in [1.165, 1.54) is 6.92 Å². The molecule has 1 N–H and O–H groups in total. The van der Waals surface area contributed by atoms with Gasteiger partial charge in [-0.1, -0.05) is 15.9 Å². The van der Waals surface area contributed by atoms with Crippen LogP contribution in [-0.4, -0.2) is 72.1 Å². The molecule has 0 radical (unpaired) electrons. The first-order valence-electron chi connectivity index (χ1n) is 11.0. The van der Waals surface area contributed by atoms with Gasteiger partial charge in [-0.15, -0.1) is 0 Å². The first-order chi connectivity index (χ1) is 15.8. The van der Waals surface area contributed by atoms with E-state index in [1.807, 2.05) is 18.2 Å². The summed E-state index contributed by atoms with van der Waals surface area (Å²) < 4.78 is 34.9. The van der Waals surface area contributed by atoms with Crippen molar-refractivity contribution in [2.45, 2.75) is 18.2 Å². The number of rotatable bonds is 7. The minimum absolute atomic E-state index is 0.151. The van der Waals surface area contributed by atoms with Crippen molar-refractivity contribution in [3.8, 4) is 5.75 Å². The summed E-state index contributed by atoms with van der Waals surface area (Å²) in [6.45, 7) is 6.39. The Morgan fingerprint density at radius 3 is 2.42 bits per heavy atom. The van der Waals surface area contributed by atoms with E-state index >= 15 is 0 Å². The van der Waals surface area contributed by atoms with E-state index in [0.29, 0.717) is 36.2 Å². The number of carbonyl (C=O) groups excluding carboxylic acids is 1. The molecule has 8 nitrogen and oxygen atoms in total. The van der Waals surface area contributed by atoms with Crippen molar-refractivity contribution in [1.82, 2.24) is 9.62 Å². The third-order valence-corrected chi connectivity index (χ3v) is 8.13. The van der Waals surface area contributed by atoms with Crippen LogP contribution < -0.4 is 19.3 Å². The van der Waals surface area contributed by atoms with E-state index in [-0.39, 0.29) is 10.8 Å². The topological polar surface area (TPSA) is 82.2 Å². The lowest BCUT2D eigenvalue weighted by atomic mass is 10.2. The fraction of sp³-hybridized carbons (Fsp3) is 0.435. The van der Waals surface area contributed by atoms with Crippen LogP contribution in [0, 0.1) is 0 Å². The number of hydrogen-bond donors (Lipinski definition) is 1. The van der Waals surface area contributed by atoms with Crippen LogP contribution in [0.4, 0.5) is 11.4 Å². The van der Waals surface area contributed by atoms with Crippen LogP contribution in [0.15, 0.2) is 45.8 Å². The molecular formula is C23H29BrN4O4S. The van der Waals surface area contributed by atoms with E-state index in [9.17, 15) is 13.2 Å². The van der Waals surface area contributed by atoms with Gasteiger partial charge in [0.1, 0.15) is 10.6 Å². The van der Waals surface area contributed by atoms with Gasteiger partial charge in [0.25, 0.3) is 0 Å². The second kappa shape index (κ2) is 10.0. The predicted molar refractivity (Wildman–Crippen MR) is 133 cm³/mol. The average Bonchev–Trinajstić information content (AvgIpc) is 3.23. The summed E-state index contributed by atoms with van der Waals surface area (Å²) in [4.78, 5) is 18.3. The molecule has 0 saturated carbocycles. The highest BCUT2D eigenvalue weighted by Crippen LogP contribution is 2.37. The third-order valence-electron chi connectivity index (χ3n) is 6.19. The van der Waals surface area contributed by atoms with E-state index in [0.717, 1.165) is 43.2 Å². The molecule has 2 aliphatic rings. The number of hydrogen-bond acceptors (Lipinski definition) is 6. The van der Waals surface area contributed by atoms with Gasteiger partial charge in [0.15, 0.2) is 0 Å². The largest absolute Gasteiger partial charge is 0.497 e. The summed E-state index contributed by atoms with van der Waals surface area (Å²) in [5.74, 6) is 0.689. The Morgan fingerprint density at radius 2 is 1.79 bits per heavy atom. The van der Waals surface area contributed by atoms with E-state index < -0.39 is 10.0 Å². The van der Waals surface area contributed by atoms with Crippen LogP contribution in [0.2, 0.25) is 0 Å². The molecular weight excluding hydrogens is 508 g/mol. The second-order valence-electron chi connectivity index (χ2n) is 8.26. The molecule has 2 aromatic carbocycles. The van der Waals surface area contributed by atoms with Crippen molar-refractivity contribution in [3.05, 3.63) is 46.4 Å². The smallest absolute Gasteiger partial charge is 0.242 e. The first-order valence-corrected chi connectivity index (χ1v) is 13.3. The molecule has 2 aliphatic heterocycles. The molecule has 2 aromatic rings. The zero-order valence-electron chi connectivity index (χ0n) is 18.9. The van der Waals surface area contributed by atoms with Crippen LogP contribution in [0.25, 0.3) is 0 Å². The van der Waals surface area contributed by atoms with Gasteiger partial charge in [-0.25, -0.2) is 13.1 Å². The van der Waals surface area contributed by atoms with E-state index in [2.05, 4.69) is 42.6 Å². The Bertz CT molecular complexity index is 1120. The van der Waals surface area contributed by atoms with Crippen LogP contribution in [0.1, 0.15) is 12.5 Å². The number of methoxy groups -OCH3 is 1. The number of nitrogens with one attached hydrogen (secondary N) is 1. The molecule has 0 aliphatic carbocycles. The van der Waals surface area contributed by atoms with Crippen LogP contribution >= 0.6 is 15.9 Å². The molecule has 178 valence electrons. The van der Waals surface area contributed by atoms with Gasteiger partial charge in [-0.3, -0.25) is 9.69 Å². The maximum absolute atomic E-state index is 13.1. The molecule has 33 heavy (non-hydrogen) atoms. The molecule has 10 heteroatoms. The summed E-state index contributed by atoms with van der Waals surface area (Å²) in [5.41, 5.74) is 2.54. The zero-order chi connectivity index (χ0) is 23.6. The lowest BCUT2D eigenvalue weighted by molar-refractivity contribution is -0.116. The Hall–Kier alpha value is -2.14. The lowest BCUT2D eigenvalue weighted by Crippen LogP contribution is -2.48. The minimum atomic E-state index is -3.76. The molecule has 0 aromatic heterocycles. The van der Waals surface area contributed by atoms with Crippen molar-refractivity contribution in [2.24, 2.45) is 0 Å². The maximum Gasteiger partial charge on any atom is 0.242 e. The van der Waals surface area contributed by atoms with Crippen molar-refractivity contribution < 1.29 is 17.9 Å². The SMILES string of the molecule is COc1ccc(N2CCN(CCNS(=O)(=O)c3cc(Br)cc4c3N(C(C)=O)CC4)CC2)cc1. The number of nitrogens with zero attached hydrogens (tertiary/aromatic N) is 3. The Balaban J connectivity index is 1.34. The molecule has 1 fully saturated rings. The number of carbonyl (C=O) groups is 1. The van der Waals surface area contributed by atoms with Crippen LogP contribution in [-0.2, 0) is 21.2 Å². The highest BCUT2D eigenvalue weighted by atomic mass is 79.9. The van der Waals surface area contributed by atoms with E-state index in [1.54, 1.807) is 18.1 Å². The van der Waals surface area contributed by atoms with Gasteiger partial charge in [0.2, 0.25) is 15.9 Å². The predicted octanol–water partition coefficient (Wildman–Crippen LogP) is 2.47. The normalized spacial score (nSPS) is 16.7. The quantitative estimate of drug-likeness (QED) is 0.585. The number of sulfonamides is 1. The number of piperazine rings is 1. The molecule has 0 unspecified atom stereocenters. The molecule has 0 atom stereocenters. The van der Waals surface area contributed by atoms with E-state index in [4.69, 9.17) is 4.74 Å². The summed E-state index contributed by atoms with van der Waals surface area (Å²) in [6.07, 6.45) is 0.648. The van der Waals surface area contributed by atoms with Gasteiger partial charge in [-0.05, 0) is 48.4 Å². The first kappa shape index (κ1) is 24.0. The fourth-order valence-corrected chi connectivity index (χ4v) is 6.38. The number of anilines is 2. The van der Waals surface area contributed by atoms with Gasteiger partial charge >= 0.3 is 0 Å². The van der Waals surface area contributed by atoms with Gasteiger partial charge in [0.05, 0.1) is 12.8 Å². The summed E-state index contributed by atoms with van der Waals surface area (Å²) >= 11 is 3.41. The summed E-state index contributed by atoms with van der Waals surface area (Å²) in [5, 5.41) is 0. The Labute approximate surface area is 203 Å². The summed E-state index contributed by atoms with van der Waals surface area (Å²) in [7, 11) is -2.10. The molecule has 1 amide bonds. The van der Waals surface area contributed by atoms with Gasteiger partial charge < -0.3 is 14.5 Å². The number of amides is 1. The molecule has 0 bridgehead atoms. The number of benzene rings is 2. The Kier molecular flexibility index (Phi) is 7.28. The highest BCUT2D eigenvalue weighted by molar-refractivity contribution is 9.10. The summed E-state index contributed by atoms with van der Waals surface area (Å²) in [6, 6.07) is 11.5.